The predicted octanol–water partition coefficient (Wildman–Crippen LogP) is 1.58. The number of fused-ring (bicyclic) bond motifs is 1. The Bertz CT molecular complexity index is 879. The first-order valence-electron chi connectivity index (χ1n) is 7.96. The number of allylic oxidation sites excluding steroid dienone is 3. The minimum atomic E-state index is -0.418. The summed E-state index contributed by atoms with van der Waals surface area (Å²) in [4.78, 5) is 49.2. The van der Waals surface area contributed by atoms with Crippen LogP contribution in [0, 0.1) is 5.92 Å². The van der Waals surface area contributed by atoms with Gasteiger partial charge in [-0.2, -0.15) is 0 Å². The lowest BCUT2D eigenvalue weighted by atomic mass is 9.86. The molecule has 1 unspecified atom stereocenters. The molecule has 1 aliphatic carbocycles. The minimum absolute atomic E-state index is 0.189. The second-order valence-electron chi connectivity index (χ2n) is 6.15. The maximum atomic E-state index is 12.2. The van der Waals surface area contributed by atoms with Crippen molar-refractivity contribution in [2.75, 3.05) is 14.1 Å². The molecule has 1 saturated heterocycles. The van der Waals surface area contributed by atoms with E-state index in [0.29, 0.717) is 23.1 Å². The first-order valence-corrected chi connectivity index (χ1v) is 7.96. The van der Waals surface area contributed by atoms with Crippen molar-refractivity contribution in [1.29, 1.82) is 0 Å². The lowest BCUT2D eigenvalue weighted by Crippen LogP contribution is -2.25. The van der Waals surface area contributed by atoms with Gasteiger partial charge in [0.15, 0.2) is 5.78 Å². The summed E-state index contributed by atoms with van der Waals surface area (Å²) in [7, 11) is 2.99. The first kappa shape index (κ1) is 16.8. The van der Waals surface area contributed by atoms with Gasteiger partial charge in [0.25, 0.3) is 11.8 Å². The molecule has 1 atom stereocenters. The molecule has 1 aromatic carbocycles. The maximum Gasteiger partial charge on any atom is 0.256 e. The Labute approximate surface area is 145 Å². The fourth-order valence-electron chi connectivity index (χ4n) is 3.22. The van der Waals surface area contributed by atoms with Crippen molar-refractivity contribution in [1.82, 2.24) is 10.2 Å². The zero-order chi connectivity index (χ0) is 18.3. The SMILES string of the molecule is CNC(=O)c1ccc(C2=CCC3C(=O)N(C)C(=O)C3=C2)cc1C(C)=O. The Balaban J connectivity index is 2.02. The molecule has 1 aromatic rings. The van der Waals surface area contributed by atoms with Crippen molar-refractivity contribution in [3.05, 3.63) is 52.6 Å². The number of hydrogen-bond donors (Lipinski definition) is 1. The average molecular weight is 338 g/mol. The van der Waals surface area contributed by atoms with Gasteiger partial charge < -0.3 is 5.32 Å². The lowest BCUT2D eigenvalue weighted by Gasteiger charge is -2.15. The number of nitrogens with one attached hydrogen (secondary N) is 1. The van der Waals surface area contributed by atoms with E-state index in [0.717, 1.165) is 16.0 Å². The number of likely N-dealkylation sites (tertiary alicyclic amines) is 1. The third-order valence-corrected chi connectivity index (χ3v) is 4.64. The standard InChI is InChI=1S/C19H18N2O4/c1-10(22)15-8-11(4-6-13(15)17(23)20-2)12-5-7-14-16(9-12)19(25)21(3)18(14)24/h4-6,8-9,14H,7H2,1-3H3,(H,20,23). The summed E-state index contributed by atoms with van der Waals surface area (Å²) in [5.41, 5.74) is 2.62. The van der Waals surface area contributed by atoms with Crippen LogP contribution in [-0.4, -0.2) is 42.5 Å². The van der Waals surface area contributed by atoms with Crippen molar-refractivity contribution < 1.29 is 19.2 Å². The molecule has 1 fully saturated rings. The van der Waals surface area contributed by atoms with Crippen molar-refractivity contribution >= 4 is 29.1 Å². The number of likely N-dealkylation sites (N-methyl/N-ethyl adjacent to an activating group) is 1. The van der Waals surface area contributed by atoms with Gasteiger partial charge in [-0.3, -0.25) is 24.1 Å². The fourth-order valence-corrected chi connectivity index (χ4v) is 3.22. The number of carbonyl (C=O) groups is 4. The van der Waals surface area contributed by atoms with E-state index in [2.05, 4.69) is 5.32 Å². The van der Waals surface area contributed by atoms with Gasteiger partial charge in [0.1, 0.15) is 0 Å². The van der Waals surface area contributed by atoms with E-state index in [9.17, 15) is 19.2 Å². The van der Waals surface area contributed by atoms with Crippen LogP contribution in [0.3, 0.4) is 0 Å². The van der Waals surface area contributed by atoms with E-state index in [1.807, 2.05) is 6.08 Å². The molecule has 0 bridgehead atoms. The van der Waals surface area contributed by atoms with Crippen LogP contribution in [0.4, 0.5) is 0 Å². The summed E-state index contributed by atoms with van der Waals surface area (Å²) in [6.07, 6.45) is 4.04. The molecule has 1 aliphatic heterocycles. The number of nitrogens with zero attached hydrogens (tertiary/aromatic N) is 1. The highest BCUT2D eigenvalue weighted by molar-refractivity contribution is 6.16. The van der Waals surface area contributed by atoms with Crippen molar-refractivity contribution in [2.45, 2.75) is 13.3 Å². The second-order valence-corrected chi connectivity index (χ2v) is 6.15. The molecule has 0 radical (unpaired) electrons. The number of hydrogen-bond acceptors (Lipinski definition) is 4. The molecule has 128 valence electrons. The Kier molecular flexibility index (Phi) is 4.12. The molecular formula is C19H18N2O4. The summed E-state index contributed by atoms with van der Waals surface area (Å²) in [5.74, 6) is -1.43. The molecule has 0 spiro atoms. The van der Waals surface area contributed by atoms with Crippen LogP contribution < -0.4 is 5.32 Å². The summed E-state index contributed by atoms with van der Waals surface area (Å²) < 4.78 is 0. The van der Waals surface area contributed by atoms with E-state index in [1.54, 1.807) is 24.3 Å². The average Bonchev–Trinajstić information content (AvgIpc) is 2.84. The van der Waals surface area contributed by atoms with Gasteiger partial charge >= 0.3 is 0 Å². The minimum Gasteiger partial charge on any atom is -0.355 e. The summed E-state index contributed by atoms with van der Waals surface area (Å²) >= 11 is 0. The maximum absolute atomic E-state index is 12.2. The van der Waals surface area contributed by atoms with E-state index >= 15 is 0 Å². The van der Waals surface area contributed by atoms with Gasteiger partial charge in [-0.05, 0) is 42.7 Å². The number of benzene rings is 1. The molecule has 0 saturated carbocycles. The second kappa shape index (κ2) is 6.12. The number of rotatable bonds is 3. The molecule has 6 heteroatoms. The quantitative estimate of drug-likeness (QED) is 0.670. The van der Waals surface area contributed by atoms with Gasteiger partial charge in [0, 0.05) is 25.2 Å². The van der Waals surface area contributed by atoms with Crippen LogP contribution >= 0.6 is 0 Å². The largest absolute Gasteiger partial charge is 0.355 e. The smallest absolute Gasteiger partial charge is 0.256 e. The van der Waals surface area contributed by atoms with Crippen molar-refractivity contribution in [3.63, 3.8) is 0 Å². The van der Waals surface area contributed by atoms with Crippen molar-refractivity contribution in [3.8, 4) is 0 Å². The van der Waals surface area contributed by atoms with Crippen LogP contribution in [0.25, 0.3) is 5.57 Å². The van der Waals surface area contributed by atoms with E-state index in [4.69, 9.17) is 0 Å². The molecule has 0 aromatic heterocycles. The molecule has 25 heavy (non-hydrogen) atoms. The monoisotopic (exact) mass is 338 g/mol. The topological polar surface area (TPSA) is 83.6 Å². The Morgan fingerprint density at radius 2 is 1.92 bits per heavy atom. The van der Waals surface area contributed by atoms with Crippen molar-refractivity contribution in [2.24, 2.45) is 5.92 Å². The lowest BCUT2D eigenvalue weighted by molar-refractivity contribution is -0.137. The van der Waals surface area contributed by atoms with Gasteiger partial charge in [-0.1, -0.05) is 12.1 Å². The summed E-state index contributed by atoms with van der Waals surface area (Å²) in [6, 6.07) is 5.00. The highest BCUT2D eigenvalue weighted by atomic mass is 16.2. The molecule has 3 rings (SSSR count). The number of ketones is 1. The first-order chi connectivity index (χ1) is 11.8. The summed E-state index contributed by atoms with van der Waals surface area (Å²) in [6.45, 7) is 1.41. The highest BCUT2D eigenvalue weighted by Gasteiger charge is 2.41. The fraction of sp³-hybridized carbons (Fsp3) is 0.263. The van der Waals surface area contributed by atoms with Crippen LogP contribution in [0.1, 0.15) is 39.6 Å². The number of amides is 3. The number of imide groups is 1. The number of carbonyl (C=O) groups excluding carboxylic acids is 4. The molecular weight excluding hydrogens is 320 g/mol. The Morgan fingerprint density at radius 1 is 1.20 bits per heavy atom. The summed E-state index contributed by atoms with van der Waals surface area (Å²) in [5, 5.41) is 2.52. The normalized spacial score (nSPS) is 19.3. The molecule has 6 nitrogen and oxygen atoms in total. The van der Waals surface area contributed by atoms with Crippen LogP contribution in [0.15, 0.2) is 35.9 Å². The van der Waals surface area contributed by atoms with Crippen LogP contribution in [0.5, 0.6) is 0 Å². The van der Waals surface area contributed by atoms with Gasteiger partial charge in [0.2, 0.25) is 5.91 Å². The van der Waals surface area contributed by atoms with Gasteiger partial charge in [-0.15, -0.1) is 0 Å². The number of Topliss-reactive ketones (excluding diaryl/α,β-unsaturated/α-hetero) is 1. The van der Waals surface area contributed by atoms with Gasteiger partial charge in [0.05, 0.1) is 11.5 Å². The molecule has 1 N–H and O–H groups in total. The third kappa shape index (κ3) is 2.69. The van der Waals surface area contributed by atoms with Gasteiger partial charge in [-0.25, -0.2) is 0 Å². The zero-order valence-electron chi connectivity index (χ0n) is 14.3. The van der Waals surface area contributed by atoms with E-state index in [1.165, 1.54) is 21.0 Å². The third-order valence-electron chi connectivity index (χ3n) is 4.64. The highest BCUT2D eigenvalue weighted by Crippen LogP contribution is 2.36. The van der Waals surface area contributed by atoms with Crippen LogP contribution in [0.2, 0.25) is 0 Å². The Hall–Kier alpha value is -3.02. The molecule has 2 aliphatic rings. The van der Waals surface area contributed by atoms with E-state index in [-0.39, 0.29) is 23.5 Å². The zero-order valence-corrected chi connectivity index (χ0v) is 14.3. The molecule has 1 heterocycles. The Morgan fingerprint density at radius 3 is 2.56 bits per heavy atom. The van der Waals surface area contributed by atoms with E-state index < -0.39 is 5.92 Å². The predicted molar refractivity (Wildman–Crippen MR) is 91.8 cm³/mol. The molecule has 3 amide bonds. The van der Waals surface area contributed by atoms with Crippen LogP contribution in [-0.2, 0) is 9.59 Å².